The first kappa shape index (κ1) is 15.0. The highest BCUT2D eigenvalue weighted by atomic mass is 79.9. The molecule has 1 heterocycles. The average molecular weight is 341 g/mol. The van der Waals surface area contributed by atoms with Crippen molar-refractivity contribution >= 4 is 22.0 Å². The number of benzene rings is 1. The zero-order valence-corrected chi connectivity index (χ0v) is 12.9. The molecule has 0 aliphatic carbocycles. The van der Waals surface area contributed by atoms with Crippen LogP contribution in [-0.2, 0) is 0 Å². The third kappa shape index (κ3) is 2.87. The lowest BCUT2D eigenvalue weighted by Crippen LogP contribution is -2.49. The number of nitrogens with one attached hydrogen (secondary N) is 2. The third-order valence-corrected chi connectivity index (χ3v) is 3.87. The summed E-state index contributed by atoms with van der Waals surface area (Å²) < 4.78 is 0.859. The number of carbonyl (C=O) groups excluding carboxylic acids is 1. The maximum atomic E-state index is 11.7. The fourth-order valence-corrected chi connectivity index (χ4v) is 2.77. The van der Waals surface area contributed by atoms with Gasteiger partial charge in [0.25, 0.3) is 0 Å². The van der Waals surface area contributed by atoms with Crippen LogP contribution < -0.4 is 10.6 Å². The first-order valence-electron chi connectivity index (χ1n) is 6.34. The Balaban J connectivity index is 2.53. The molecule has 6 heteroatoms. The molecule has 4 N–H and O–H groups in total. The summed E-state index contributed by atoms with van der Waals surface area (Å²) in [5.74, 6) is -1.97. The van der Waals surface area contributed by atoms with E-state index in [0.29, 0.717) is 11.3 Å². The molecule has 108 valence electrons. The maximum Gasteiger partial charge on any atom is 0.319 e. The van der Waals surface area contributed by atoms with Gasteiger partial charge in [0.05, 0.1) is 6.04 Å². The van der Waals surface area contributed by atoms with Crippen LogP contribution >= 0.6 is 15.9 Å². The van der Waals surface area contributed by atoms with Crippen molar-refractivity contribution < 1.29 is 15.0 Å². The van der Waals surface area contributed by atoms with Gasteiger partial charge < -0.3 is 20.8 Å². The van der Waals surface area contributed by atoms with Gasteiger partial charge in [-0.3, -0.25) is 0 Å². The van der Waals surface area contributed by atoms with Crippen LogP contribution in [0.5, 0.6) is 0 Å². The van der Waals surface area contributed by atoms with Gasteiger partial charge in [0.1, 0.15) is 0 Å². The molecule has 0 spiro atoms. The minimum atomic E-state index is -1.97. The number of hydrogen-bond acceptors (Lipinski definition) is 3. The molecule has 0 fully saturated rings. The summed E-state index contributed by atoms with van der Waals surface area (Å²) in [5, 5.41) is 25.7. The van der Waals surface area contributed by atoms with Gasteiger partial charge in [-0.1, -0.05) is 35.0 Å². The van der Waals surface area contributed by atoms with Crippen LogP contribution in [0.2, 0.25) is 0 Å². The van der Waals surface area contributed by atoms with Crippen LogP contribution in [-0.4, -0.2) is 22.0 Å². The molecule has 1 aliphatic rings. The molecule has 0 aromatic heterocycles. The van der Waals surface area contributed by atoms with Gasteiger partial charge >= 0.3 is 6.03 Å². The Labute approximate surface area is 125 Å². The lowest BCUT2D eigenvalue weighted by molar-refractivity contribution is -0.135. The van der Waals surface area contributed by atoms with E-state index >= 15 is 0 Å². The van der Waals surface area contributed by atoms with Gasteiger partial charge in [0.15, 0.2) is 5.79 Å². The van der Waals surface area contributed by atoms with Gasteiger partial charge in [-0.15, -0.1) is 0 Å². The van der Waals surface area contributed by atoms with E-state index in [4.69, 9.17) is 0 Å². The first-order valence-corrected chi connectivity index (χ1v) is 7.13. The van der Waals surface area contributed by atoms with Crippen LogP contribution in [0.1, 0.15) is 31.9 Å². The lowest BCUT2D eigenvalue weighted by atomic mass is 9.88. The Morgan fingerprint density at radius 3 is 2.70 bits per heavy atom. The Hall–Kier alpha value is -1.37. The highest BCUT2D eigenvalue weighted by molar-refractivity contribution is 9.10. The second-order valence-electron chi connectivity index (χ2n) is 4.80. The van der Waals surface area contributed by atoms with Gasteiger partial charge in [-0.2, -0.15) is 0 Å². The number of hydrogen-bond donors (Lipinski definition) is 4. The van der Waals surface area contributed by atoms with Crippen LogP contribution in [0.25, 0.3) is 0 Å². The van der Waals surface area contributed by atoms with Gasteiger partial charge in [0, 0.05) is 22.2 Å². The number of halogens is 1. The monoisotopic (exact) mass is 340 g/mol. The quantitative estimate of drug-likeness (QED) is 0.636. The summed E-state index contributed by atoms with van der Waals surface area (Å²) in [5.41, 5.74) is 1.60. The number of rotatable bonds is 3. The molecule has 0 saturated heterocycles. The van der Waals surface area contributed by atoms with E-state index in [2.05, 4.69) is 26.6 Å². The van der Waals surface area contributed by atoms with E-state index in [1.807, 2.05) is 24.3 Å². The summed E-state index contributed by atoms with van der Waals surface area (Å²) in [6.07, 6.45) is 0.127. The molecule has 0 bridgehead atoms. The minimum Gasteiger partial charge on any atom is -0.362 e. The van der Waals surface area contributed by atoms with Crippen molar-refractivity contribution in [3.05, 3.63) is 45.6 Å². The normalized spacial score (nSPS) is 19.6. The van der Waals surface area contributed by atoms with Crippen molar-refractivity contribution in [3.8, 4) is 0 Å². The number of urea groups is 1. The summed E-state index contributed by atoms with van der Waals surface area (Å²) in [4.78, 5) is 11.7. The molecular formula is C14H17BrN2O3. The van der Waals surface area contributed by atoms with Crippen molar-refractivity contribution in [3.63, 3.8) is 0 Å². The second-order valence-corrected chi connectivity index (χ2v) is 5.71. The SMILES string of the molecule is CCC(O)(O)C1=C(C)NC(=O)N[C@@H]1c1cccc(Br)c1. The summed E-state index contributed by atoms with van der Waals surface area (Å²) in [6, 6.07) is 6.45. The van der Waals surface area contributed by atoms with E-state index in [-0.39, 0.29) is 12.5 Å². The van der Waals surface area contributed by atoms with Crippen LogP contribution in [0.3, 0.4) is 0 Å². The molecule has 2 rings (SSSR count). The molecule has 2 amide bonds. The molecule has 0 saturated carbocycles. The largest absolute Gasteiger partial charge is 0.362 e. The smallest absolute Gasteiger partial charge is 0.319 e. The highest BCUT2D eigenvalue weighted by Crippen LogP contribution is 2.35. The molecule has 0 unspecified atom stereocenters. The van der Waals surface area contributed by atoms with E-state index in [1.54, 1.807) is 13.8 Å². The minimum absolute atomic E-state index is 0.127. The molecule has 1 aromatic carbocycles. The van der Waals surface area contributed by atoms with Crippen LogP contribution in [0, 0.1) is 0 Å². The fraction of sp³-hybridized carbons (Fsp3) is 0.357. The topological polar surface area (TPSA) is 81.6 Å². The number of aliphatic hydroxyl groups is 2. The molecule has 0 radical (unpaired) electrons. The van der Waals surface area contributed by atoms with Crippen LogP contribution in [0.4, 0.5) is 4.79 Å². The number of amides is 2. The molecule has 20 heavy (non-hydrogen) atoms. The van der Waals surface area contributed by atoms with Crippen molar-refractivity contribution in [2.24, 2.45) is 0 Å². The Bertz CT molecular complexity index is 569. The predicted octanol–water partition coefficient (Wildman–Crippen LogP) is 2.17. The third-order valence-electron chi connectivity index (χ3n) is 3.38. The van der Waals surface area contributed by atoms with Crippen molar-refractivity contribution in [2.75, 3.05) is 0 Å². The van der Waals surface area contributed by atoms with E-state index in [1.165, 1.54) is 0 Å². The summed E-state index contributed by atoms with van der Waals surface area (Å²) in [7, 11) is 0. The van der Waals surface area contributed by atoms with E-state index in [0.717, 1.165) is 10.0 Å². The summed E-state index contributed by atoms with van der Waals surface area (Å²) >= 11 is 3.38. The highest BCUT2D eigenvalue weighted by Gasteiger charge is 2.38. The predicted molar refractivity (Wildman–Crippen MR) is 78.7 cm³/mol. The van der Waals surface area contributed by atoms with E-state index < -0.39 is 11.8 Å². The van der Waals surface area contributed by atoms with Crippen molar-refractivity contribution in [1.29, 1.82) is 0 Å². The van der Waals surface area contributed by atoms with Crippen LogP contribution in [0.15, 0.2) is 40.0 Å². The molecular weight excluding hydrogens is 324 g/mol. The Kier molecular flexibility index (Phi) is 4.17. The zero-order chi connectivity index (χ0) is 14.9. The molecule has 5 nitrogen and oxygen atoms in total. The van der Waals surface area contributed by atoms with Gasteiger partial charge in [-0.25, -0.2) is 4.79 Å². The Morgan fingerprint density at radius 1 is 1.40 bits per heavy atom. The van der Waals surface area contributed by atoms with Crippen molar-refractivity contribution in [2.45, 2.75) is 32.1 Å². The lowest BCUT2D eigenvalue weighted by Gasteiger charge is -2.36. The van der Waals surface area contributed by atoms with Gasteiger partial charge in [0.2, 0.25) is 0 Å². The van der Waals surface area contributed by atoms with Gasteiger partial charge in [-0.05, 0) is 24.6 Å². The standard InChI is InChI=1S/C14H17BrN2O3/c1-3-14(19,20)11-8(2)16-13(18)17-12(11)9-5-4-6-10(15)7-9/h4-7,12,19-20H,3H2,1-2H3,(H2,16,17,18)/t12-/m1/s1. The second kappa shape index (κ2) is 5.55. The zero-order valence-electron chi connectivity index (χ0n) is 11.3. The molecule has 1 aromatic rings. The molecule has 1 atom stereocenters. The Morgan fingerprint density at radius 2 is 2.10 bits per heavy atom. The average Bonchev–Trinajstić information content (AvgIpc) is 2.37. The number of carbonyl (C=O) groups is 1. The fourth-order valence-electron chi connectivity index (χ4n) is 2.35. The molecule has 1 aliphatic heterocycles. The first-order chi connectivity index (χ1) is 9.35. The number of allylic oxidation sites excluding steroid dienone is 1. The van der Waals surface area contributed by atoms with E-state index in [9.17, 15) is 15.0 Å². The summed E-state index contributed by atoms with van der Waals surface area (Å²) in [6.45, 7) is 3.34. The maximum absolute atomic E-state index is 11.7. The van der Waals surface area contributed by atoms with Crippen molar-refractivity contribution in [1.82, 2.24) is 10.6 Å².